The molecule has 2 aromatic carbocycles. The van der Waals surface area contributed by atoms with Gasteiger partial charge >= 0.3 is 0 Å². The number of Topliss-reactive ketones (excluding diaryl/α,β-unsaturated/α-hetero) is 1. The van der Waals surface area contributed by atoms with Crippen molar-refractivity contribution in [3.63, 3.8) is 0 Å². The number of carbonyl (C=O) groups is 2. The van der Waals surface area contributed by atoms with Crippen LogP contribution in [0.5, 0.6) is 0 Å². The first-order valence-electron chi connectivity index (χ1n) is 7.80. The highest BCUT2D eigenvalue weighted by Gasteiger charge is 2.11. The molecule has 0 unspecified atom stereocenters. The molecule has 0 bridgehead atoms. The summed E-state index contributed by atoms with van der Waals surface area (Å²) >= 11 is 6.05. The van der Waals surface area contributed by atoms with Crippen molar-refractivity contribution in [2.45, 2.75) is 6.92 Å². The number of nitrogens with one attached hydrogen (secondary N) is 2. The number of hydrogen-bond acceptors (Lipinski definition) is 5. The van der Waals surface area contributed by atoms with Gasteiger partial charge in [-0.25, -0.2) is 9.97 Å². The average molecular weight is 367 g/mol. The number of nitrogens with zero attached hydrogens (tertiary/aromatic N) is 2. The summed E-state index contributed by atoms with van der Waals surface area (Å²) in [5, 5.41) is 6.16. The van der Waals surface area contributed by atoms with Crippen LogP contribution in [0.1, 0.15) is 27.8 Å². The molecule has 2 N–H and O–H groups in total. The van der Waals surface area contributed by atoms with Gasteiger partial charge in [0.25, 0.3) is 5.91 Å². The Labute approximate surface area is 155 Å². The summed E-state index contributed by atoms with van der Waals surface area (Å²) in [6, 6.07) is 15.4. The van der Waals surface area contributed by atoms with Crippen LogP contribution in [0.2, 0.25) is 5.02 Å². The Hall–Kier alpha value is -3.25. The van der Waals surface area contributed by atoms with Crippen molar-refractivity contribution in [1.29, 1.82) is 0 Å². The van der Waals surface area contributed by atoms with Crippen LogP contribution in [-0.2, 0) is 0 Å². The number of rotatable bonds is 5. The Morgan fingerprint density at radius 2 is 1.73 bits per heavy atom. The van der Waals surface area contributed by atoms with Crippen LogP contribution in [-0.4, -0.2) is 21.7 Å². The standard InChI is InChI=1S/C19H15ClN4O2/c1-12(25)13-6-8-14(9-7-13)22-19-21-11-10-17(24-19)18(26)23-16-5-3-2-4-15(16)20/h2-11H,1H3,(H,23,26)(H,21,22,24). The Bertz CT molecular complexity index is 958. The molecule has 0 fully saturated rings. The van der Waals surface area contributed by atoms with Gasteiger partial charge in [-0.3, -0.25) is 9.59 Å². The zero-order valence-electron chi connectivity index (χ0n) is 13.9. The maximum absolute atomic E-state index is 12.4. The molecular weight excluding hydrogens is 352 g/mol. The molecule has 3 rings (SSSR count). The summed E-state index contributed by atoms with van der Waals surface area (Å²) in [5.74, 6) is -0.131. The molecule has 130 valence electrons. The summed E-state index contributed by atoms with van der Waals surface area (Å²) in [7, 11) is 0. The quantitative estimate of drug-likeness (QED) is 0.656. The SMILES string of the molecule is CC(=O)c1ccc(Nc2nccc(C(=O)Nc3ccccc3Cl)n2)cc1. The van der Waals surface area contributed by atoms with Crippen molar-refractivity contribution in [2.75, 3.05) is 10.6 Å². The van der Waals surface area contributed by atoms with Gasteiger partial charge in [-0.1, -0.05) is 23.7 Å². The van der Waals surface area contributed by atoms with E-state index in [1.807, 2.05) is 0 Å². The zero-order chi connectivity index (χ0) is 18.5. The first-order valence-corrected chi connectivity index (χ1v) is 8.17. The third-order valence-corrected chi connectivity index (χ3v) is 3.89. The Balaban J connectivity index is 1.74. The summed E-state index contributed by atoms with van der Waals surface area (Å²) in [5.41, 5.74) is 2.03. The second-order valence-corrected chi connectivity index (χ2v) is 5.87. The maximum Gasteiger partial charge on any atom is 0.274 e. The number of carbonyl (C=O) groups excluding carboxylic acids is 2. The molecule has 0 saturated heterocycles. The maximum atomic E-state index is 12.4. The highest BCUT2D eigenvalue weighted by molar-refractivity contribution is 6.33. The second kappa shape index (κ2) is 7.76. The van der Waals surface area contributed by atoms with E-state index in [1.165, 1.54) is 19.2 Å². The van der Waals surface area contributed by atoms with Gasteiger partial charge in [0.1, 0.15) is 5.69 Å². The van der Waals surface area contributed by atoms with Gasteiger partial charge in [0, 0.05) is 17.4 Å². The molecule has 0 atom stereocenters. The van der Waals surface area contributed by atoms with Crippen LogP contribution in [0.3, 0.4) is 0 Å². The Morgan fingerprint density at radius 1 is 1.00 bits per heavy atom. The van der Waals surface area contributed by atoms with E-state index in [0.29, 0.717) is 22.0 Å². The van der Waals surface area contributed by atoms with Crippen molar-refractivity contribution in [2.24, 2.45) is 0 Å². The molecule has 0 aliphatic heterocycles. The lowest BCUT2D eigenvalue weighted by Crippen LogP contribution is -2.15. The third-order valence-electron chi connectivity index (χ3n) is 3.56. The van der Waals surface area contributed by atoms with Crippen LogP contribution in [0, 0.1) is 0 Å². The number of para-hydroxylation sites is 1. The van der Waals surface area contributed by atoms with Gasteiger partial charge in [-0.15, -0.1) is 0 Å². The molecule has 3 aromatic rings. The minimum Gasteiger partial charge on any atom is -0.324 e. The first-order chi connectivity index (χ1) is 12.5. The van der Waals surface area contributed by atoms with Gasteiger partial charge in [0.05, 0.1) is 10.7 Å². The molecule has 6 nitrogen and oxygen atoms in total. The first kappa shape index (κ1) is 17.6. The number of aromatic nitrogens is 2. The number of amides is 1. The molecule has 0 saturated carbocycles. The number of ketones is 1. The van der Waals surface area contributed by atoms with E-state index in [1.54, 1.807) is 48.5 Å². The fourth-order valence-electron chi connectivity index (χ4n) is 2.21. The minimum absolute atomic E-state index is 0.00830. The van der Waals surface area contributed by atoms with Crippen LogP contribution in [0.4, 0.5) is 17.3 Å². The van der Waals surface area contributed by atoms with Crippen molar-refractivity contribution in [3.05, 3.63) is 77.1 Å². The molecule has 1 heterocycles. The van der Waals surface area contributed by atoms with E-state index in [-0.39, 0.29) is 17.4 Å². The van der Waals surface area contributed by atoms with Crippen molar-refractivity contribution in [3.8, 4) is 0 Å². The zero-order valence-corrected chi connectivity index (χ0v) is 14.6. The van der Waals surface area contributed by atoms with Crippen LogP contribution < -0.4 is 10.6 Å². The molecule has 7 heteroatoms. The largest absolute Gasteiger partial charge is 0.324 e. The van der Waals surface area contributed by atoms with E-state index in [0.717, 1.165) is 0 Å². The van der Waals surface area contributed by atoms with Gasteiger partial charge in [0.2, 0.25) is 5.95 Å². The fraction of sp³-hybridized carbons (Fsp3) is 0.0526. The van der Waals surface area contributed by atoms with Crippen molar-refractivity contribution < 1.29 is 9.59 Å². The predicted molar refractivity (Wildman–Crippen MR) is 101 cm³/mol. The molecule has 0 aliphatic carbocycles. The van der Waals surface area contributed by atoms with Gasteiger partial charge in [0.15, 0.2) is 5.78 Å². The Morgan fingerprint density at radius 3 is 2.42 bits per heavy atom. The topological polar surface area (TPSA) is 84.0 Å². The summed E-state index contributed by atoms with van der Waals surface area (Å²) in [6.45, 7) is 1.51. The third kappa shape index (κ3) is 4.23. The van der Waals surface area contributed by atoms with Crippen molar-refractivity contribution >= 4 is 40.6 Å². The smallest absolute Gasteiger partial charge is 0.274 e. The fourth-order valence-corrected chi connectivity index (χ4v) is 2.39. The lowest BCUT2D eigenvalue weighted by atomic mass is 10.1. The van der Waals surface area contributed by atoms with E-state index in [4.69, 9.17) is 11.6 Å². The van der Waals surface area contributed by atoms with E-state index in [2.05, 4.69) is 20.6 Å². The molecule has 0 spiro atoms. The lowest BCUT2D eigenvalue weighted by Gasteiger charge is -2.08. The molecule has 0 radical (unpaired) electrons. The van der Waals surface area contributed by atoms with E-state index >= 15 is 0 Å². The highest BCUT2D eigenvalue weighted by Crippen LogP contribution is 2.21. The number of hydrogen-bond donors (Lipinski definition) is 2. The normalized spacial score (nSPS) is 10.2. The number of benzene rings is 2. The molecule has 1 aromatic heterocycles. The Kier molecular flexibility index (Phi) is 5.24. The van der Waals surface area contributed by atoms with Gasteiger partial charge in [-0.2, -0.15) is 0 Å². The number of anilines is 3. The van der Waals surface area contributed by atoms with Crippen LogP contribution >= 0.6 is 11.6 Å². The molecule has 0 aliphatic rings. The summed E-state index contributed by atoms with van der Waals surface area (Å²) in [6.07, 6.45) is 1.49. The van der Waals surface area contributed by atoms with E-state index < -0.39 is 5.91 Å². The van der Waals surface area contributed by atoms with E-state index in [9.17, 15) is 9.59 Å². The van der Waals surface area contributed by atoms with Crippen LogP contribution in [0.15, 0.2) is 60.8 Å². The number of halogens is 1. The van der Waals surface area contributed by atoms with Gasteiger partial charge < -0.3 is 10.6 Å². The predicted octanol–water partition coefficient (Wildman–Crippen LogP) is 4.33. The van der Waals surface area contributed by atoms with Crippen LogP contribution in [0.25, 0.3) is 0 Å². The lowest BCUT2D eigenvalue weighted by molar-refractivity contribution is 0.101. The average Bonchev–Trinajstić information content (AvgIpc) is 2.64. The molecular formula is C19H15ClN4O2. The van der Waals surface area contributed by atoms with Gasteiger partial charge in [-0.05, 0) is 49.4 Å². The van der Waals surface area contributed by atoms with Crippen molar-refractivity contribution in [1.82, 2.24) is 9.97 Å². The molecule has 1 amide bonds. The monoisotopic (exact) mass is 366 g/mol. The highest BCUT2D eigenvalue weighted by atomic mass is 35.5. The summed E-state index contributed by atoms with van der Waals surface area (Å²) in [4.78, 5) is 32.0. The summed E-state index contributed by atoms with van der Waals surface area (Å²) < 4.78 is 0. The minimum atomic E-state index is -0.393. The second-order valence-electron chi connectivity index (χ2n) is 5.46. The molecule has 26 heavy (non-hydrogen) atoms.